The van der Waals surface area contributed by atoms with Gasteiger partial charge in [0, 0.05) is 57.2 Å². The first-order valence-electron chi connectivity index (χ1n) is 19.0. The lowest BCUT2D eigenvalue weighted by molar-refractivity contribution is -0.128. The first-order valence-corrected chi connectivity index (χ1v) is 19.0. The SMILES string of the molecule is NCCOCCNC(=O)[C@@H]1Cc2cccc(c2)CNC(=O)/C=C/C(=O)NC2CCC(CC2)CN[C@@H](Cc2ccco2)C(=O)NCc2ccccc2CC(=O)N1. The number of hydrogen-bond donors (Lipinski definition) is 7. The highest BCUT2D eigenvalue weighted by Gasteiger charge is 2.26. The summed E-state index contributed by atoms with van der Waals surface area (Å²) in [4.78, 5) is 65.9. The van der Waals surface area contributed by atoms with Crippen LogP contribution in [0.1, 0.15) is 53.7 Å². The summed E-state index contributed by atoms with van der Waals surface area (Å²) >= 11 is 0. The molecule has 5 amide bonds. The van der Waals surface area contributed by atoms with Gasteiger partial charge in [-0.3, -0.25) is 24.0 Å². The lowest BCUT2D eigenvalue weighted by Gasteiger charge is -2.30. The van der Waals surface area contributed by atoms with Crippen LogP contribution in [0, 0.1) is 5.92 Å². The second-order valence-electron chi connectivity index (χ2n) is 14.0. The third-order valence-corrected chi connectivity index (χ3v) is 9.81. The largest absolute Gasteiger partial charge is 0.469 e. The van der Waals surface area contributed by atoms with E-state index in [0.29, 0.717) is 37.8 Å². The number of carbonyl (C=O) groups excluding carboxylic acids is 5. The van der Waals surface area contributed by atoms with Gasteiger partial charge in [-0.25, -0.2) is 0 Å². The zero-order valence-corrected chi connectivity index (χ0v) is 31.1. The number of benzene rings is 2. The molecule has 14 heteroatoms. The van der Waals surface area contributed by atoms with Crippen LogP contribution in [0.4, 0.5) is 0 Å². The van der Waals surface area contributed by atoms with E-state index in [4.69, 9.17) is 14.9 Å². The van der Waals surface area contributed by atoms with Crippen molar-refractivity contribution in [2.45, 2.75) is 76.2 Å². The van der Waals surface area contributed by atoms with E-state index in [2.05, 4.69) is 31.9 Å². The number of hydrogen-bond acceptors (Lipinski definition) is 9. The molecule has 1 aliphatic carbocycles. The summed E-state index contributed by atoms with van der Waals surface area (Å²) in [6.07, 6.45) is 7.91. The Morgan fingerprint density at radius 3 is 2.40 bits per heavy atom. The van der Waals surface area contributed by atoms with Crippen molar-refractivity contribution in [3.05, 3.63) is 107 Å². The van der Waals surface area contributed by atoms with Crippen molar-refractivity contribution in [3.63, 3.8) is 0 Å². The van der Waals surface area contributed by atoms with Gasteiger partial charge in [0.15, 0.2) is 0 Å². The van der Waals surface area contributed by atoms with E-state index in [1.807, 2.05) is 54.6 Å². The van der Waals surface area contributed by atoms with Crippen LogP contribution in [0.2, 0.25) is 0 Å². The summed E-state index contributed by atoms with van der Waals surface area (Å²) in [6.45, 7) is 2.26. The molecular weight excluding hydrogens is 702 g/mol. The van der Waals surface area contributed by atoms with Gasteiger partial charge in [0.25, 0.3) is 0 Å². The summed E-state index contributed by atoms with van der Waals surface area (Å²) in [5.74, 6) is -0.674. The van der Waals surface area contributed by atoms with Crippen molar-refractivity contribution in [1.82, 2.24) is 31.9 Å². The Balaban J connectivity index is 1.34. The Morgan fingerprint density at radius 2 is 1.62 bits per heavy atom. The molecule has 294 valence electrons. The van der Waals surface area contributed by atoms with Gasteiger partial charge in [-0.15, -0.1) is 0 Å². The number of nitrogens with two attached hydrogens (primary N) is 1. The fourth-order valence-electron chi connectivity index (χ4n) is 6.85. The molecule has 8 N–H and O–H groups in total. The van der Waals surface area contributed by atoms with E-state index in [0.717, 1.165) is 47.9 Å². The molecule has 6 rings (SSSR count). The molecule has 4 bridgehead atoms. The van der Waals surface area contributed by atoms with Crippen molar-refractivity contribution in [2.75, 3.05) is 32.8 Å². The highest BCUT2D eigenvalue weighted by atomic mass is 16.5. The first-order chi connectivity index (χ1) is 26.7. The topological polar surface area (TPSA) is 206 Å². The fourth-order valence-corrected chi connectivity index (χ4v) is 6.85. The Kier molecular flexibility index (Phi) is 16.0. The summed E-state index contributed by atoms with van der Waals surface area (Å²) in [7, 11) is 0. The van der Waals surface area contributed by atoms with Crippen molar-refractivity contribution >= 4 is 29.5 Å². The van der Waals surface area contributed by atoms with Crippen LogP contribution in [0.5, 0.6) is 0 Å². The number of fused-ring (bicyclic) bond motifs is 16. The second-order valence-corrected chi connectivity index (χ2v) is 14.0. The molecule has 0 radical (unpaired) electrons. The van der Waals surface area contributed by atoms with Crippen LogP contribution >= 0.6 is 0 Å². The standard InChI is InChI=1S/C41H53N7O7/c42-16-19-54-20-17-43-41(53)36-22-29-5-3-6-30(21-29)26-45-37(49)14-15-38(50)47-33-12-10-28(11-13-33)25-44-35(24-34-9-4-18-55-34)40(52)46-27-32-8-2-1-7-31(32)23-39(51)48-36/h1-9,14-15,18,21,28,33,35-36,44H,10-13,16-17,19-20,22-27,42H2,(H,43,53)(H,45,49)(H,46,52)(H,47,50)(H,48,51)/b15-14+/t28?,33?,35-,36-/m0/s1. The molecule has 55 heavy (non-hydrogen) atoms. The molecule has 3 heterocycles. The number of ether oxygens (including phenoxy) is 1. The van der Waals surface area contributed by atoms with E-state index < -0.39 is 18.0 Å². The fraction of sp³-hybridized carbons (Fsp3) is 0.439. The molecule has 2 atom stereocenters. The summed E-state index contributed by atoms with van der Waals surface area (Å²) in [6, 6.07) is 16.9. The summed E-state index contributed by atoms with van der Waals surface area (Å²) in [5.41, 5.74) is 8.56. The van der Waals surface area contributed by atoms with Gasteiger partial charge >= 0.3 is 0 Å². The number of furan rings is 1. The minimum Gasteiger partial charge on any atom is -0.469 e. The van der Waals surface area contributed by atoms with E-state index in [9.17, 15) is 24.0 Å². The van der Waals surface area contributed by atoms with E-state index in [1.54, 1.807) is 12.3 Å². The normalized spacial score (nSPS) is 22.6. The number of rotatable bonds is 8. The predicted molar refractivity (Wildman–Crippen MR) is 206 cm³/mol. The van der Waals surface area contributed by atoms with Crippen molar-refractivity contribution in [3.8, 4) is 0 Å². The average molecular weight is 756 g/mol. The Morgan fingerprint density at radius 1 is 0.836 bits per heavy atom. The van der Waals surface area contributed by atoms with Crippen molar-refractivity contribution in [1.29, 1.82) is 0 Å². The minimum absolute atomic E-state index is 0.000831. The maximum Gasteiger partial charge on any atom is 0.244 e. The van der Waals surface area contributed by atoms with E-state index >= 15 is 0 Å². The van der Waals surface area contributed by atoms with Gasteiger partial charge in [-0.2, -0.15) is 0 Å². The molecule has 0 unspecified atom stereocenters. The van der Waals surface area contributed by atoms with Crippen LogP contribution in [0.25, 0.3) is 0 Å². The third kappa shape index (κ3) is 13.8. The molecular formula is C41H53N7O7. The van der Waals surface area contributed by atoms with Crippen LogP contribution in [-0.4, -0.2) is 80.5 Å². The van der Waals surface area contributed by atoms with Crippen LogP contribution < -0.4 is 37.6 Å². The van der Waals surface area contributed by atoms with Crippen molar-refractivity contribution < 1.29 is 33.1 Å². The summed E-state index contributed by atoms with van der Waals surface area (Å²) in [5, 5.41) is 18.1. The molecule has 0 saturated heterocycles. The third-order valence-electron chi connectivity index (χ3n) is 9.81. The molecule has 3 aromatic rings. The minimum atomic E-state index is -0.911. The number of carbonyl (C=O) groups is 5. The molecule has 2 aromatic carbocycles. The maximum atomic E-state index is 13.7. The summed E-state index contributed by atoms with van der Waals surface area (Å²) < 4.78 is 11.0. The Hall–Kier alpha value is -5.31. The molecule has 3 aliphatic rings. The number of nitrogens with one attached hydrogen (secondary N) is 6. The lowest BCUT2D eigenvalue weighted by atomic mass is 9.85. The zero-order valence-electron chi connectivity index (χ0n) is 31.1. The van der Waals surface area contributed by atoms with Gasteiger partial charge in [-0.05, 0) is 72.5 Å². The molecule has 2 aliphatic heterocycles. The van der Waals surface area contributed by atoms with Crippen LogP contribution in [-0.2, 0) is 61.1 Å². The Labute approximate surface area is 321 Å². The van der Waals surface area contributed by atoms with Gasteiger partial charge in [0.05, 0.1) is 31.9 Å². The Bertz CT molecular complexity index is 1750. The maximum absolute atomic E-state index is 13.7. The lowest BCUT2D eigenvalue weighted by Crippen LogP contribution is -2.49. The quantitative estimate of drug-likeness (QED) is 0.165. The van der Waals surface area contributed by atoms with E-state index in [1.165, 1.54) is 12.2 Å². The highest BCUT2D eigenvalue weighted by Crippen LogP contribution is 2.24. The molecule has 1 aromatic heterocycles. The zero-order chi connectivity index (χ0) is 38.8. The predicted octanol–water partition coefficient (Wildman–Crippen LogP) is 1.32. The molecule has 0 spiro atoms. The average Bonchev–Trinajstić information content (AvgIpc) is 3.71. The van der Waals surface area contributed by atoms with Gasteiger partial charge in [0.2, 0.25) is 29.5 Å². The number of amides is 5. The monoisotopic (exact) mass is 755 g/mol. The molecule has 14 nitrogen and oxygen atoms in total. The second kappa shape index (κ2) is 21.5. The van der Waals surface area contributed by atoms with Gasteiger partial charge in [-0.1, -0.05) is 48.5 Å². The van der Waals surface area contributed by atoms with E-state index in [-0.39, 0.29) is 68.8 Å². The van der Waals surface area contributed by atoms with Crippen molar-refractivity contribution in [2.24, 2.45) is 11.7 Å². The van der Waals surface area contributed by atoms with Crippen LogP contribution in [0.15, 0.2) is 83.5 Å². The highest BCUT2D eigenvalue weighted by molar-refractivity contribution is 5.96. The smallest absolute Gasteiger partial charge is 0.244 e. The molecule has 1 fully saturated rings. The van der Waals surface area contributed by atoms with Gasteiger partial charge < -0.3 is 46.8 Å². The van der Waals surface area contributed by atoms with Gasteiger partial charge in [0.1, 0.15) is 11.8 Å². The molecule has 1 saturated carbocycles. The van der Waals surface area contributed by atoms with Crippen LogP contribution in [0.3, 0.4) is 0 Å². The first kappa shape index (κ1) is 40.9.